The van der Waals surface area contributed by atoms with E-state index >= 15 is 8.78 Å². The van der Waals surface area contributed by atoms with Crippen molar-refractivity contribution >= 4 is 29.3 Å². The van der Waals surface area contributed by atoms with Gasteiger partial charge in [0.15, 0.2) is 5.69 Å². The maximum atomic E-state index is 15.9. The molecule has 11 nitrogen and oxygen atoms in total. The number of hydrogen-bond acceptors (Lipinski definition) is 9. The molecule has 1 aromatic heterocycles. The third kappa shape index (κ3) is 6.43. The molecule has 0 radical (unpaired) electrons. The molecular formula is C31H40F2N4O7. The van der Waals surface area contributed by atoms with Crippen molar-refractivity contribution in [2.24, 2.45) is 11.3 Å². The highest BCUT2D eigenvalue weighted by atomic mass is 19.3. The van der Waals surface area contributed by atoms with Crippen molar-refractivity contribution in [3.63, 3.8) is 0 Å². The smallest absolute Gasteiger partial charge is 0.408 e. The third-order valence-corrected chi connectivity index (χ3v) is 8.73. The number of rotatable bonds is 2. The summed E-state index contributed by atoms with van der Waals surface area (Å²) in [6.45, 7) is 7.02. The molecule has 1 aromatic carbocycles. The fourth-order valence-corrected chi connectivity index (χ4v) is 6.14. The van der Waals surface area contributed by atoms with E-state index in [9.17, 15) is 14.4 Å². The summed E-state index contributed by atoms with van der Waals surface area (Å²) in [5.74, 6) is -4.44. The minimum absolute atomic E-state index is 0.00557. The molecule has 1 N–H and O–H groups in total. The molecule has 44 heavy (non-hydrogen) atoms. The van der Waals surface area contributed by atoms with Crippen LogP contribution >= 0.6 is 0 Å². The standard InChI is InChI=1S/C31H40F2N4O7/c1-17-21(16-38)37-15-24(17)43-27-25(34-19-11-10-18(41-5)14-20(19)35-27)31(32,33)12-7-13-42-22-8-6-9-23(22)44-29(40)36-26(28(37)39)30(2,3)4/h10-11,14,16-17,21-24,26H,6-9,12-13,15H2,1-5H3,(H,36,40)/t17-,21+,22+,23+,24-,26+/m0/s1. The van der Waals surface area contributed by atoms with Crippen molar-refractivity contribution in [2.45, 2.75) is 96.1 Å². The summed E-state index contributed by atoms with van der Waals surface area (Å²) in [7, 11) is 1.48. The number of methoxy groups -OCH3 is 1. The number of amides is 2. The van der Waals surface area contributed by atoms with Crippen LogP contribution in [-0.4, -0.2) is 83.8 Å². The number of carbonyl (C=O) groups excluding carboxylic acids is 3. The van der Waals surface area contributed by atoms with E-state index in [1.165, 1.54) is 12.0 Å². The average Bonchev–Trinajstić information content (AvgIpc) is 3.54. The van der Waals surface area contributed by atoms with Crippen molar-refractivity contribution in [1.82, 2.24) is 20.2 Å². The van der Waals surface area contributed by atoms with Gasteiger partial charge in [-0.2, -0.15) is 8.78 Å². The molecule has 0 spiro atoms. The largest absolute Gasteiger partial charge is 0.497 e. The number of fused-ring (bicyclic) bond motifs is 5. The Kier molecular flexibility index (Phi) is 8.97. The summed E-state index contributed by atoms with van der Waals surface area (Å²) < 4.78 is 54.8. The van der Waals surface area contributed by atoms with E-state index in [-0.39, 0.29) is 36.5 Å². The van der Waals surface area contributed by atoms with Gasteiger partial charge in [-0.15, -0.1) is 0 Å². The summed E-state index contributed by atoms with van der Waals surface area (Å²) in [4.78, 5) is 49.4. The molecule has 2 aliphatic heterocycles. The normalized spacial score (nSPS) is 29.8. The minimum Gasteiger partial charge on any atom is -0.497 e. The molecule has 2 amide bonds. The van der Waals surface area contributed by atoms with Crippen molar-refractivity contribution in [2.75, 3.05) is 20.3 Å². The Morgan fingerprint density at radius 2 is 1.82 bits per heavy atom. The van der Waals surface area contributed by atoms with Gasteiger partial charge in [0.25, 0.3) is 5.92 Å². The Morgan fingerprint density at radius 1 is 1.07 bits per heavy atom. The molecule has 6 atom stereocenters. The van der Waals surface area contributed by atoms with E-state index in [2.05, 4.69) is 15.3 Å². The van der Waals surface area contributed by atoms with Gasteiger partial charge < -0.3 is 34.0 Å². The average molecular weight is 619 g/mol. The number of nitrogens with one attached hydrogen (secondary N) is 1. The van der Waals surface area contributed by atoms with Crippen molar-refractivity contribution < 1.29 is 42.1 Å². The molecule has 2 bridgehead atoms. The van der Waals surface area contributed by atoms with Crippen LogP contribution < -0.4 is 14.8 Å². The van der Waals surface area contributed by atoms with Crippen LogP contribution in [0.15, 0.2) is 18.2 Å². The van der Waals surface area contributed by atoms with Crippen LogP contribution in [0.1, 0.15) is 65.5 Å². The number of ether oxygens (including phenoxy) is 4. The fourth-order valence-electron chi connectivity index (χ4n) is 6.14. The lowest BCUT2D eigenvalue weighted by molar-refractivity contribution is -0.139. The Hall–Kier alpha value is -3.61. The summed E-state index contributed by atoms with van der Waals surface area (Å²) in [5.41, 5.74) is -0.852. The Bertz CT molecular complexity index is 1400. The number of aromatic nitrogens is 2. The minimum atomic E-state index is -3.44. The summed E-state index contributed by atoms with van der Waals surface area (Å²) in [6, 6.07) is 2.76. The van der Waals surface area contributed by atoms with Crippen molar-refractivity contribution in [3.8, 4) is 11.6 Å². The van der Waals surface area contributed by atoms with Gasteiger partial charge >= 0.3 is 6.09 Å². The maximum Gasteiger partial charge on any atom is 0.408 e. The number of alkyl carbamates (subject to hydrolysis) is 1. The van der Waals surface area contributed by atoms with E-state index in [1.54, 1.807) is 45.9 Å². The van der Waals surface area contributed by atoms with Crippen LogP contribution in [0, 0.1) is 11.3 Å². The van der Waals surface area contributed by atoms with E-state index in [0.29, 0.717) is 24.9 Å². The quantitative estimate of drug-likeness (QED) is 0.487. The van der Waals surface area contributed by atoms with Crippen LogP contribution in [0.25, 0.3) is 11.0 Å². The highest BCUT2D eigenvalue weighted by Crippen LogP contribution is 2.40. The Morgan fingerprint density at radius 3 is 2.52 bits per heavy atom. The van der Waals surface area contributed by atoms with Gasteiger partial charge in [-0.05, 0) is 43.2 Å². The SMILES string of the molecule is COc1ccc2nc3c(nc2c1)O[C@H]1CN(C(=O)[C@H](C(C)(C)C)NC(=O)O[C@@H]2CCC[C@H]2OCCCC3(F)F)[C@H](C=O)[C@@H]1C. The molecule has 3 aliphatic rings. The van der Waals surface area contributed by atoms with Gasteiger partial charge in [-0.25, -0.2) is 14.8 Å². The zero-order valence-corrected chi connectivity index (χ0v) is 25.7. The summed E-state index contributed by atoms with van der Waals surface area (Å²) in [6.07, 6.45) is -0.708. The highest BCUT2D eigenvalue weighted by molar-refractivity contribution is 5.89. The van der Waals surface area contributed by atoms with Crippen molar-refractivity contribution in [1.29, 1.82) is 0 Å². The molecule has 1 saturated carbocycles. The van der Waals surface area contributed by atoms with Gasteiger partial charge in [-0.3, -0.25) is 4.79 Å². The number of benzene rings is 1. The summed E-state index contributed by atoms with van der Waals surface area (Å²) >= 11 is 0. The van der Waals surface area contributed by atoms with Crippen molar-refractivity contribution in [3.05, 3.63) is 23.9 Å². The summed E-state index contributed by atoms with van der Waals surface area (Å²) in [5, 5.41) is 2.73. The van der Waals surface area contributed by atoms with Crippen LogP contribution in [0.2, 0.25) is 0 Å². The molecule has 2 fully saturated rings. The zero-order valence-electron chi connectivity index (χ0n) is 25.7. The first-order valence-corrected chi connectivity index (χ1v) is 15.1. The Labute approximate surface area is 255 Å². The maximum absolute atomic E-state index is 15.9. The molecule has 0 unspecified atom stereocenters. The molecule has 1 saturated heterocycles. The zero-order chi connectivity index (χ0) is 31.8. The number of halogens is 2. The Balaban J connectivity index is 1.56. The monoisotopic (exact) mass is 618 g/mol. The van der Waals surface area contributed by atoms with Crippen LogP contribution in [0.3, 0.4) is 0 Å². The predicted molar refractivity (Wildman–Crippen MR) is 155 cm³/mol. The van der Waals surface area contributed by atoms with Gasteiger partial charge in [0, 0.05) is 25.0 Å². The number of hydrogen-bond donors (Lipinski definition) is 1. The van der Waals surface area contributed by atoms with E-state index in [4.69, 9.17) is 18.9 Å². The molecular weight excluding hydrogens is 578 g/mol. The van der Waals surface area contributed by atoms with E-state index in [1.807, 2.05) is 0 Å². The van der Waals surface area contributed by atoms with Crippen LogP contribution in [-0.2, 0) is 25.0 Å². The second-order valence-electron chi connectivity index (χ2n) is 12.9. The second-order valence-corrected chi connectivity index (χ2v) is 12.9. The van der Waals surface area contributed by atoms with Gasteiger partial charge in [0.2, 0.25) is 11.8 Å². The third-order valence-electron chi connectivity index (χ3n) is 8.73. The van der Waals surface area contributed by atoms with Crippen LogP contribution in [0.5, 0.6) is 11.6 Å². The van der Waals surface area contributed by atoms with E-state index < -0.39 is 71.8 Å². The second kappa shape index (κ2) is 12.4. The highest BCUT2D eigenvalue weighted by Gasteiger charge is 2.48. The molecule has 5 rings (SSSR count). The fraction of sp³-hybridized carbons (Fsp3) is 0.645. The first kappa shape index (κ1) is 31.8. The topological polar surface area (TPSA) is 129 Å². The molecule has 3 heterocycles. The first-order chi connectivity index (χ1) is 20.8. The van der Waals surface area contributed by atoms with Crippen LogP contribution in [0.4, 0.5) is 13.6 Å². The first-order valence-electron chi connectivity index (χ1n) is 15.1. The lowest BCUT2D eigenvalue weighted by Gasteiger charge is -2.35. The van der Waals surface area contributed by atoms with Gasteiger partial charge in [0.05, 0.1) is 36.8 Å². The number of alkyl halides is 2. The van der Waals surface area contributed by atoms with E-state index in [0.717, 1.165) is 6.42 Å². The number of carbonyl (C=O) groups is 3. The number of aldehydes is 1. The lowest BCUT2D eigenvalue weighted by atomic mass is 9.85. The molecule has 13 heteroatoms. The predicted octanol–water partition coefficient (Wildman–Crippen LogP) is 4.40. The molecule has 240 valence electrons. The molecule has 1 aliphatic carbocycles. The lowest BCUT2D eigenvalue weighted by Crippen LogP contribution is -2.56. The number of nitrogens with zero attached hydrogens (tertiary/aromatic N) is 3. The van der Waals surface area contributed by atoms with Gasteiger partial charge in [0.1, 0.15) is 30.3 Å². The molecule has 2 aromatic rings. The van der Waals surface area contributed by atoms with Gasteiger partial charge in [-0.1, -0.05) is 27.7 Å².